The number of amides is 1. The first-order valence-electron chi connectivity index (χ1n) is 3.46. The number of likely N-dealkylation sites (N-methyl/N-ethyl adjacent to an activating group) is 1. The second-order valence-corrected chi connectivity index (χ2v) is 2.08. The summed E-state index contributed by atoms with van der Waals surface area (Å²) in [5, 5.41) is 19.4. The van der Waals surface area contributed by atoms with E-state index < -0.39 is 5.91 Å². The maximum atomic E-state index is 11.0. The molecule has 1 amide bonds. The van der Waals surface area contributed by atoms with Crippen LogP contribution in [0, 0.1) is 22.7 Å². The standard InChI is InChI=1S/C8H9N3O/c1-3-11-8(12)7(5-10)6(2)4-9/h3H2,1-2H3,(H,11,12)/b7-6+. The molecule has 4 heteroatoms. The topological polar surface area (TPSA) is 76.7 Å². The Morgan fingerprint density at radius 2 is 2.00 bits per heavy atom. The van der Waals surface area contributed by atoms with Gasteiger partial charge in [0.2, 0.25) is 0 Å². The first kappa shape index (κ1) is 10.2. The zero-order valence-electron chi connectivity index (χ0n) is 7.01. The highest BCUT2D eigenvalue weighted by Gasteiger charge is 2.10. The van der Waals surface area contributed by atoms with Crippen LogP contribution in [0.15, 0.2) is 11.1 Å². The fourth-order valence-electron chi connectivity index (χ4n) is 0.610. The lowest BCUT2D eigenvalue weighted by Gasteiger charge is -1.98. The van der Waals surface area contributed by atoms with Gasteiger partial charge in [-0.05, 0) is 13.8 Å². The Morgan fingerprint density at radius 3 is 2.33 bits per heavy atom. The first-order valence-corrected chi connectivity index (χ1v) is 3.46. The third-order valence-electron chi connectivity index (χ3n) is 1.22. The predicted octanol–water partition coefficient (Wildman–Crippen LogP) is 0.486. The lowest BCUT2D eigenvalue weighted by Crippen LogP contribution is -2.24. The van der Waals surface area contributed by atoms with Gasteiger partial charge in [0, 0.05) is 12.1 Å². The summed E-state index contributed by atoms with van der Waals surface area (Å²) in [6, 6.07) is 3.43. The van der Waals surface area contributed by atoms with Crippen LogP contribution in [-0.2, 0) is 4.79 Å². The number of nitrogens with zero attached hydrogens (tertiary/aromatic N) is 2. The molecule has 0 fully saturated rings. The van der Waals surface area contributed by atoms with Gasteiger partial charge in [0.1, 0.15) is 11.6 Å². The molecule has 62 valence electrons. The molecular weight excluding hydrogens is 154 g/mol. The van der Waals surface area contributed by atoms with Crippen molar-refractivity contribution in [1.82, 2.24) is 5.32 Å². The van der Waals surface area contributed by atoms with Gasteiger partial charge in [-0.3, -0.25) is 4.79 Å². The molecule has 0 atom stereocenters. The Labute approximate surface area is 71.1 Å². The van der Waals surface area contributed by atoms with E-state index in [1.165, 1.54) is 6.92 Å². The molecule has 4 nitrogen and oxygen atoms in total. The second-order valence-electron chi connectivity index (χ2n) is 2.08. The molecule has 0 saturated carbocycles. The smallest absolute Gasteiger partial charge is 0.262 e. The molecule has 0 aliphatic heterocycles. The molecular formula is C8H9N3O. The Balaban J connectivity index is 4.74. The van der Waals surface area contributed by atoms with E-state index in [-0.39, 0.29) is 11.1 Å². The van der Waals surface area contributed by atoms with Gasteiger partial charge in [-0.2, -0.15) is 10.5 Å². The highest BCUT2D eigenvalue weighted by Crippen LogP contribution is 2.00. The number of carbonyl (C=O) groups is 1. The van der Waals surface area contributed by atoms with E-state index in [4.69, 9.17) is 10.5 Å². The molecule has 1 N–H and O–H groups in total. The summed E-state index contributed by atoms with van der Waals surface area (Å²) in [6.45, 7) is 3.63. The first-order chi connectivity index (χ1) is 5.67. The number of nitrogens with one attached hydrogen (secondary N) is 1. The van der Waals surface area contributed by atoms with Crippen molar-refractivity contribution in [2.45, 2.75) is 13.8 Å². The SMILES string of the molecule is CCNC(=O)/C(C#N)=C(\C)C#N. The van der Waals surface area contributed by atoms with Crippen LogP contribution in [0.25, 0.3) is 0 Å². The van der Waals surface area contributed by atoms with Crippen molar-refractivity contribution in [2.75, 3.05) is 6.54 Å². The van der Waals surface area contributed by atoms with Crippen LogP contribution in [0.1, 0.15) is 13.8 Å². The van der Waals surface area contributed by atoms with Gasteiger partial charge in [0.25, 0.3) is 5.91 Å². The van der Waals surface area contributed by atoms with Crippen LogP contribution in [-0.4, -0.2) is 12.5 Å². The van der Waals surface area contributed by atoms with E-state index in [0.717, 1.165) is 0 Å². The van der Waals surface area contributed by atoms with Crippen molar-refractivity contribution < 1.29 is 4.79 Å². The number of rotatable bonds is 2. The number of allylic oxidation sites excluding steroid dienone is 1. The van der Waals surface area contributed by atoms with Gasteiger partial charge < -0.3 is 5.32 Å². The second kappa shape index (κ2) is 4.92. The quantitative estimate of drug-likeness (QED) is 0.475. The summed E-state index contributed by atoms with van der Waals surface area (Å²) >= 11 is 0. The molecule has 0 aromatic rings. The maximum Gasteiger partial charge on any atom is 0.262 e. The summed E-state index contributed by atoms with van der Waals surface area (Å²) in [7, 11) is 0. The van der Waals surface area contributed by atoms with E-state index in [1.807, 2.05) is 0 Å². The zero-order valence-corrected chi connectivity index (χ0v) is 7.01. The lowest BCUT2D eigenvalue weighted by atomic mass is 10.1. The van der Waals surface area contributed by atoms with Crippen molar-refractivity contribution in [1.29, 1.82) is 10.5 Å². The Hall–Kier alpha value is -1.81. The molecule has 0 spiro atoms. The number of hydrogen-bond donors (Lipinski definition) is 1. The van der Waals surface area contributed by atoms with Gasteiger partial charge >= 0.3 is 0 Å². The summed E-state index contributed by atoms with van der Waals surface area (Å²) < 4.78 is 0. The lowest BCUT2D eigenvalue weighted by molar-refractivity contribution is -0.117. The van der Waals surface area contributed by atoms with Crippen LogP contribution in [0.3, 0.4) is 0 Å². The fraction of sp³-hybridized carbons (Fsp3) is 0.375. The van der Waals surface area contributed by atoms with Crippen LogP contribution < -0.4 is 5.32 Å². The Bertz CT molecular complexity index is 290. The number of nitriles is 2. The van der Waals surface area contributed by atoms with Crippen molar-refractivity contribution >= 4 is 5.91 Å². The number of carbonyl (C=O) groups excluding carboxylic acids is 1. The average Bonchev–Trinajstić information content (AvgIpc) is 2.06. The average molecular weight is 163 g/mol. The fourth-order valence-corrected chi connectivity index (χ4v) is 0.610. The van der Waals surface area contributed by atoms with Gasteiger partial charge in [-0.15, -0.1) is 0 Å². The molecule has 0 saturated heterocycles. The highest BCUT2D eigenvalue weighted by atomic mass is 16.1. The molecule has 0 aliphatic carbocycles. The minimum Gasteiger partial charge on any atom is -0.352 e. The molecule has 0 heterocycles. The molecule has 0 rings (SSSR count). The summed E-state index contributed by atoms with van der Waals surface area (Å²) in [5.41, 5.74) is 0.0304. The minimum atomic E-state index is -0.487. The van der Waals surface area contributed by atoms with Gasteiger partial charge in [0.15, 0.2) is 0 Å². The summed E-state index contributed by atoms with van der Waals surface area (Å²) in [6.07, 6.45) is 0. The van der Waals surface area contributed by atoms with E-state index in [0.29, 0.717) is 6.54 Å². The largest absolute Gasteiger partial charge is 0.352 e. The van der Waals surface area contributed by atoms with Gasteiger partial charge in [-0.25, -0.2) is 0 Å². The van der Waals surface area contributed by atoms with Crippen LogP contribution in [0.4, 0.5) is 0 Å². The Kier molecular flexibility index (Phi) is 4.18. The van der Waals surface area contributed by atoms with Gasteiger partial charge in [-0.1, -0.05) is 0 Å². The van der Waals surface area contributed by atoms with Gasteiger partial charge in [0.05, 0.1) is 6.07 Å². The highest BCUT2D eigenvalue weighted by molar-refractivity contribution is 5.98. The minimum absolute atomic E-state index is 0.112. The molecule has 0 bridgehead atoms. The summed E-state index contributed by atoms with van der Waals surface area (Å²) in [5.74, 6) is -0.487. The van der Waals surface area contributed by atoms with Crippen LogP contribution in [0.5, 0.6) is 0 Å². The monoisotopic (exact) mass is 163 g/mol. The normalized spacial score (nSPS) is 10.7. The Morgan fingerprint density at radius 1 is 1.42 bits per heavy atom. The maximum absolute atomic E-state index is 11.0. The third kappa shape index (κ3) is 2.43. The summed E-state index contributed by atoms with van der Waals surface area (Å²) in [4.78, 5) is 11.0. The van der Waals surface area contributed by atoms with Crippen LogP contribution in [0.2, 0.25) is 0 Å². The third-order valence-corrected chi connectivity index (χ3v) is 1.22. The molecule has 12 heavy (non-hydrogen) atoms. The zero-order chi connectivity index (χ0) is 9.56. The molecule has 0 aromatic carbocycles. The van der Waals surface area contributed by atoms with Crippen molar-refractivity contribution in [3.05, 3.63) is 11.1 Å². The van der Waals surface area contributed by atoms with Crippen molar-refractivity contribution in [2.24, 2.45) is 0 Å². The predicted molar refractivity (Wildman–Crippen MR) is 42.6 cm³/mol. The van der Waals surface area contributed by atoms with E-state index >= 15 is 0 Å². The van der Waals surface area contributed by atoms with E-state index in [2.05, 4.69) is 5.32 Å². The van der Waals surface area contributed by atoms with Crippen molar-refractivity contribution in [3.8, 4) is 12.1 Å². The molecule has 0 radical (unpaired) electrons. The molecule has 0 aliphatic rings. The van der Waals surface area contributed by atoms with Crippen LogP contribution >= 0.6 is 0 Å². The van der Waals surface area contributed by atoms with E-state index in [1.54, 1.807) is 19.1 Å². The molecule has 0 unspecified atom stereocenters. The van der Waals surface area contributed by atoms with Crippen molar-refractivity contribution in [3.63, 3.8) is 0 Å². The van der Waals surface area contributed by atoms with E-state index in [9.17, 15) is 4.79 Å². The molecule has 0 aromatic heterocycles. The number of hydrogen-bond acceptors (Lipinski definition) is 3.